The number of fused-ring (bicyclic) bond motifs is 1. The summed E-state index contributed by atoms with van der Waals surface area (Å²) < 4.78 is 0. The number of benzene rings is 1. The molecule has 1 aromatic heterocycles. The van der Waals surface area contributed by atoms with Crippen LogP contribution in [0.2, 0.25) is 0 Å². The predicted molar refractivity (Wildman–Crippen MR) is 73.7 cm³/mol. The van der Waals surface area contributed by atoms with Crippen LogP contribution in [0.3, 0.4) is 0 Å². The summed E-state index contributed by atoms with van der Waals surface area (Å²) in [7, 11) is 0. The molecule has 0 atom stereocenters. The molecule has 20 heavy (non-hydrogen) atoms. The molecule has 0 saturated heterocycles. The fraction of sp³-hybridized carbons (Fsp3) is 0.357. The van der Waals surface area contributed by atoms with E-state index in [2.05, 4.69) is 15.3 Å². The second kappa shape index (κ2) is 5.05. The maximum atomic E-state index is 10.9. The van der Waals surface area contributed by atoms with Gasteiger partial charge in [-0.25, -0.2) is 14.8 Å². The van der Waals surface area contributed by atoms with E-state index >= 15 is 0 Å². The summed E-state index contributed by atoms with van der Waals surface area (Å²) in [5.41, 5.74) is 0.820. The van der Waals surface area contributed by atoms with E-state index in [0.29, 0.717) is 17.3 Å². The third-order valence-corrected chi connectivity index (χ3v) is 3.65. The highest BCUT2D eigenvalue weighted by atomic mass is 16.4. The van der Waals surface area contributed by atoms with Crippen molar-refractivity contribution in [3.8, 4) is 0 Å². The molecule has 6 heteroatoms. The third-order valence-electron chi connectivity index (χ3n) is 3.65. The number of carboxylic acid groups (broad SMARTS) is 1. The average Bonchev–Trinajstić information content (AvgIpc) is 2.41. The highest BCUT2D eigenvalue weighted by molar-refractivity contribution is 5.96. The van der Waals surface area contributed by atoms with E-state index in [-0.39, 0.29) is 11.7 Å². The fourth-order valence-corrected chi connectivity index (χ4v) is 2.44. The Morgan fingerprint density at radius 1 is 1.35 bits per heavy atom. The molecule has 2 aromatic rings. The first-order chi connectivity index (χ1) is 9.63. The Hall–Kier alpha value is -2.21. The topological polar surface area (TPSA) is 95.3 Å². The molecule has 6 nitrogen and oxygen atoms in total. The van der Waals surface area contributed by atoms with E-state index in [1.54, 1.807) is 12.1 Å². The number of carboxylic acids is 1. The van der Waals surface area contributed by atoms with Crippen LogP contribution in [0, 0.1) is 5.92 Å². The number of hydrogen-bond donors (Lipinski definition) is 3. The van der Waals surface area contributed by atoms with Crippen LogP contribution in [0.5, 0.6) is 0 Å². The highest BCUT2D eigenvalue weighted by Crippen LogP contribution is 2.28. The number of aliphatic hydroxyl groups excluding tert-OH is 1. The maximum Gasteiger partial charge on any atom is 0.335 e. The van der Waals surface area contributed by atoms with Gasteiger partial charge in [-0.1, -0.05) is 0 Å². The van der Waals surface area contributed by atoms with Crippen molar-refractivity contribution < 1.29 is 15.0 Å². The normalized spacial score (nSPS) is 21.4. The molecule has 3 rings (SSSR count). The number of carbonyl (C=O) groups is 1. The number of aromatic nitrogens is 2. The highest BCUT2D eigenvalue weighted by Gasteiger charge is 2.26. The van der Waals surface area contributed by atoms with Crippen molar-refractivity contribution in [3.05, 3.63) is 30.1 Å². The van der Waals surface area contributed by atoms with Gasteiger partial charge in [-0.2, -0.15) is 0 Å². The molecule has 0 spiro atoms. The Morgan fingerprint density at radius 3 is 2.85 bits per heavy atom. The Morgan fingerprint density at radius 2 is 2.15 bits per heavy atom. The van der Waals surface area contributed by atoms with E-state index < -0.39 is 5.97 Å². The van der Waals surface area contributed by atoms with Gasteiger partial charge in [0.25, 0.3) is 0 Å². The molecule has 1 aliphatic carbocycles. The molecule has 0 aliphatic heterocycles. The number of nitrogens with zero attached hydrogens (tertiary/aromatic N) is 2. The molecule has 0 bridgehead atoms. The van der Waals surface area contributed by atoms with Crippen LogP contribution in [-0.2, 0) is 0 Å². The van der Waals surface area contributed by atoms with Crippen LogP contribution < -0.4 is 5.32 Å². The molecule has 1 fully saturated rings. The number of aliphatic hydroxyl groups is 1. The molecule has 1 aromatic carbocycles. The largest absolute Gasteiger partial charge is 0.478 e. The minimum absolute atomic E-state index is 0.165. The third kappa shape index (κ3) is 2.42. The van der Waals surface area contributed by atoms with Crippen molar-refractivity contribution in [2.45, 2.75) is 18.9 Å². The Bertz CT molecular complexity index is 653. The second-order valence-electron chi connectivity index (χ2n) is 5.13. The van der Waals surface area contributed by atoms with Gasteiger partial charge in [0.15, 0.2) is 0 Å². The van der Waals surface area contributed by atoms with Gasteiger partial charge >= 0.3 is 5.97 Å². The van der Waals surface area contributed by atoms with Gasteiger partial charge in [0.05, 0.1) is 17.2 Å². The molecule has 1 aliphatic rings. The summed E-state index contributed by atoms with van der Waals surface area (Å²) in [6.07, 6.45) is 2.90. The Kier molecular flexibility index (Phi) is 3.23. The molecule has 0 unspecified atom stereocenters. The van der Waals surface area contributed by atoms with Gasteiger partial charge in [-0.05, 0) is 37.0 Å². The molecule has 0 amide bonds. The maximum absolute atomic E-state index is 10.9. The van der Waals surface area contributed by atoms with Crippen LogP contribution in [-0.4, -0.2) is 38.8 Å². The van der Waals surface area contributed by atoms with Crippen molar-refractivity contribution in [1.82, 2.24) is 9.97 Å². The fourth-order valence-electron chi connectivity index (χ4n) is 2.44. The summed E-state index contributed by atoms with van der Waals surface area (Å²) in [5.74, 6) is 0.199. The Labute approximate surface area is 115 Å². The van der Waals surface area contributed by atoms with Gasteiger partial charge < -0.3 is 15.5 Å². The van der Waals surface area contributed by atoms with Crippen LogP contribution in [0.15, 0.2) is 24.5 Å². The van der Waals surface area contributed by atoms with Gasteiger partial charge in [0, 0.05) is 11.9 Å². The first-order valence-corrected chi connectivity index (χ1v) is 6.53. The second-order valence-corrected chi connectivity index (χ2v) is 5.13. The lowest BCUT2D eigenvalue weighted by Crippen LogP contribution is -2.33. The van der Waals surface area contributed by atoms with Crippen LogP contribution in [0.4, 0.5) is 5.82 Å². The molecule has 1 saturated carbocycles. The SMILES string of the molecule is O=C(O)c1ccc2c(NCC3CC(O)C3)ncnc2c1. The molecule has 104 valence electrons. The predicted octanol–water partition coefficient (Wildman–Crippen LogP) is 1.51. The van der Waals surface area contributed by atoms with E-state index in [9.17, 15) is 9.90 Å². The minimum atomic E-state index is -0.969. The zero-order chi connectivity index (χ0) is 14.1. The first-order valence-electron chi connectivity index (χ1n) is 6.53. The van der Waals surface area contributed by atoms with Crippen LogP contribution in [0.1, 0.15) is 23.2 Å². The van der Waals surface area contributed by atoms with Gasteiger partial charge in [-0.15, -0.1) is 0 Å². The number of aromatic carboxylic acids is 1. The van der Waals surface area contributed by atoms with Crippen molar-refractivity contribution in [1.29, 1.82) is 0 Å². The van der Waals surface area contributed by atoms with E-state index in [1.165, 1.54) is 12.4 Å². The standard InChI is InChI=1S/C14H15N3O3/c18-10-3-8(4-10)6-15-13-11-2-1-9(14(19)20)5-12(11)16-7-17-13/h1-2,5,7-8,10,18H,3-4,6H2,(H,19,20)(H,15,16,17). The number of anilines is 1. The van der Waals surface area contributed by atoms with Gasteiger partial charge in [-0.3, -0.25) is 0 Å². The van der Waals surface area contributed by atoms with Crippen molar-refractivity contribution in [2.24, 2.45) is 5.92 Å². The zero-order valence-corrected chi connectivity index (χ0v) is 10.8. The summed E-state index contributed by atoms with van der Waals surface area (Å²) in [6, 6.07) is 4.81. The average molecular weight is 273 g/mol. The number of hydrogen-bond acceptors (Lipinski definition) is 5. The smallest absolute Gasteiger partial charge is 0.335 e. The quantitative estimate of drug-likeness (QED) is 0.781. The molecule has 0 radical (unpaired) electrons. The molecule has 1 heterocycles. The lowest BCUT2D eigenvalue weighted by molar-refractivity contribution is 0.0486. The summed E-state index contributed by atoms with van der Waals surface area (Å²) in [6.45, 7) is 0.754. The van der Waals surface area contributed by atoms with E-state index in [1.807, 2.05) is 0 Å². The molecular weight excluding hydrogens is 258 g/mol. The van der Waals surface area contributed by atoms with Gasteiger partial charge in [0.1, 0.15) is 12.1 Å². The number of nitrogens with one attached hydrogen (secondary N) is 1. The summed E-state index contributed by atoms with van der Waals surface area (Å²) in [4.78, 5) is 19.2. The van der Waals surface area contributed by atoms with Crippen LogP contribution in [0.25, 0.3) is 10.9 Å². The van der Waals surface area contributed by atoms with Crippen molar-refractivity contribution >= 4 is 22.7 Å². The monoisotopic (exact) mass is 273 g/mol. The first kappa shape index (κ1) is 12.8. The Balaban J connectivity index is 1.82. The van der Waals surface area contributed by atoms with E-state index in [0.717, 1.165) is 24.8 Å². The number of rotatable bonds is 4. The molecule has 3 N–H and O–H groups in total. The van der Waals surface area contributed by atoms with E-state index in [4.69, 9.17) is 5.11 Å². The lowest BCUT2D eigenvalue weighted by Gasteiger charge is -2.31. The lowest BCUT2D eigenvalue weighted by atomic mass is 9.82. The zero-order valence-electron chi connectivity index (χ0n) is 10.8. The van der Waals surface area contributed by atoms with Gasteiger partial charge in [0.2, 0.25) is 0 Å². The molecular formula is C14H15N3O3. The summed E-state index contributed by atoms with van der Waals surface area (Å²) in [5, 5.41) is 22.3. The van der Waals surface area contributed by atoms with Crippen LogP contribution >= 0.6 is 0 Å². The summed E-state index contributed by atoms with van der Waals surface area (Å²) >= 11 is 0. The minimum Gasteiger partial charge on any atom is -0.478 e. The van der Waals surface area contributed by atoms with Crippen molar-refractivity contribution in [3.63, 3.8) is 0 Å². The van der Waals surface area contributed by atoms with Crippen molar-refractivity contribution in [2.75, 3.05) is 11.9 Å².